The van der Waals surface area contributed by atoms with Gasteiger partial charge in [-0.3, -0.25) is 9.88 Å². The number of methoxy groups -OCH3 is 1. The minimum atomic E-state index is 0.200. The predicted molar refractivity (Wildman–Crippen MR) is 78.4 cm³/mol. The van der Waals surface area contributed by atoms with Crippen LogP contribution < -0.4 is 4.74 Å². The molecule has 1 fully saturated rings. The lowest BCUT2D eigenvalue weighted by atomic mass is 10.2. The van der Waals surface area contributed by atoms with Gasteiger partial charge in [0.25, 0.3) is 0 Å². The second-order valence-corrected chi connectivity index (χ2v) is 5.39. The van der Waals surface area contributed by atoms with E-state index in [1.807, 2.05) is 12.1 Å². The Hall–Kier alpha value is -1.99. The average Bonchev–Trinajstić information content (AvgIpc) is 3.13. The second kappa shape index (κ2) is 6.85. The van der Waals surface area contributed by atoms with Gasteiger partial charge in [-0.25, -0.2) is 0 Å². The van der Waals surface area contributed by atoms with Gasteiger partial charge in [0.2, 0.25) is 11.8 Å². The number of likely N-dealkylation sites (tertiary alicyclic amines) is 1. The predicted octanol–water partition coefficient (Wildman–Crippen LogP) is 1.44. The Labute approximate surface area is 129 Å². The zero-order valence-electron chi connectivity index (χ0n) is 12.8. The highest BCUT2D eigenvalue weighted by Gasteiger charge is 2.33. The Balaban J connectivity index is 1.61. The highest BCUT2D eigenvalue weighted by atomic mass is 16.5. The van der Waals surface area contributed by atoms with Crippen LogP contribution in [-0.4, -0.2) is 52.5 Å². The molecule has 1 aliphatic rings. The number of ether oxygens (including phenoxy) is 2. The summed E-state index contributed by atoms with van der Waals surface area (Å²) in [4.78, 5) is 6.32. The molecule has 0 unspecified atom stereocenters. The van der Waals surface area contributed by atoms with Gasteiger partial charge in [0.15, 0.2) is 0 Å². The van der Waals surface area contributed by atoms with Crippen LogP contribution in [0, 0.1) is 6.92 Å². The highest BCUT2D eigenvalue weighted by molar-refractivity contribution is 5.15. The van der Waals surface area contributed by atoms with Crippen molar-refractivity contribution >= 4 is 0 Å². The third-order valence-corrected chi connectivity index (χ3v) is 3.81. The maximum Gasteiger partial charge on any atom is 0.230 e. The maximum atomic E-state index is 5.83. The molecule has 0 spiro atoms. The molecule has 3 rings (SSSR count). The number of nitrogens with zero attached hydrogens (tertiary/aromatic N) is 4. The number of hydrogen-bond acceptors (Lipinski definition) is 7. The molecule has 2 aromatic heterocycles. The van der Waals surface area contributed by atoms with Crippen LogP contribution in [0.5, 0.6) is 5.75 Å². The molecule has 118 valence electrons. The van der Waals surface area contributed by atoms with Gasteiger partial charge in [0.05, 0.1) is 18.8 Å². The fourth-order valence-corrected chi connectivity index (χ4v) is 2.68. The van der Waals surface area contributed by atoms with Gasteiger partial charge < -0.3 is 13.9 Å². The number of hydrogen-bond donors (Lipinski definition) is 0. The zero-order valence-corrected chi connectivity index (χ0v) is 12.8. The quantitative estimate of drug-likeness (QED) is 0.799. The Bertz CT molecular complexity index is 589. The van der Waals surface area contributed by atoms with Crippen LogP contribution in [0.25, 0.3) is 0 Å². The molecule has 1 aliphatic heterocycles. The Morgan fingerprint density at radius 3 is 3.00 bits per heavy atom. The highest BCUT2D eigenvalue weighted by Crippen LogP contribution is 2.23. The largest absolute Gasteiger partial charge is 0.490 e. The van der Waals surface area contributed by atoms with Crippen LogP contribution in [0.1, 0.15) is 18.2 Å². The van der Waals surface area contributed by atoms with Crippen LogP contribution in [0.3, 0.4) is 0 Å². The van der Waals surface area contributed by atoms with Crippen molar-refractivity contribution in [3.05, 3.63) is 36.3 Å². The summed E-state index contributed by atoms with van der Waals surface area (Å²) in [6, 6.07) is 4.01. The first-order chi connectivity index (χ1) is 10.7. The molecule has 7 heteroatoms. The number of pyridine rings is 1. The van der Waals surface area contributed by atoms with Crippen molar-refractivity contribution in [1.29, 1.82) is 0 Å². The van der Waals surface area contributed by atoms with Crippen LogP contribution in [-0.2, 0) is 11.3 Å². The Kier molecular flexibility index (Phi) is 4.65. The van der Waals surface area contributed by atoms with E-state index in [0.717, 1.165) is 18.7 Å². The molecule has 22 heavy (non-hydrogen) atoms. The van der Waals surface area contributed by atoms with Gasteiger partial charge >= 0.3 is 0 Å². The monoisotopic (exact) mass is 304 g/mol. The fraction of sp³-hybridized carbons (Fsp3) is 0.533. The van der Waals surface area contributed by atoms with Crippen LogP contribution in [0.15, 0.2) is 28.9 Å². The van der Waals surface area contributed by atoms with Gasteiger partial charge in [-0.1, -0.05) is 0 Å². The van der Waals surface area contributed by atoms with Crippen LogP contribution in [0.4, 0.5) is 0 Å². The molecule has 3 heterocycles. The van der Waals surface area contributed by atoms with Crippen molar-refractivity contribution in [3.8, 4) is 5.75 Å². The number of aryl methyl sites for hydroxylation is 1. The summed E-state index contributed by atoms with van der Waals surface area (Å²) in [5.74, 6) is 1.98. The SMILES string of the molecule is CO[C@@H]1C[C@@H](COc2cccnc2)N(Cc2nnc(C)o2)C1. The first-order valence-corrected chi connectivity index (χ1v) is 7.33. The summed E-state index contributed by atoms with van der Waals surface area (Å²) in [5.41, 5.74) is 0. The zero-order chi connectivity index (χ0) is 15.4. The molecular formula is C15H20N4O3. The summed E-state index contributed by atoms with van der Waals surface area (Å²) >= 11 is 0. The minimum absolute atomic E-state index is 0.200. The van der Waals surface area contributed by atoms with E-state index in [1.54, 1.807) is 26.4 Å². The Morgan fingerprint density at radius 1 is 1.41 bits per heavy atom. The molecule has 0 amide bonds. The molecule has 7 nitrogen and oxygen atoms in total. The normalized spacial score (nSPS) is 22.1. The minimum Gasteiger partial charge on any atom is -0.490 e. The standard InChI is InChI=1S/C15H20N4O3/c1-11-17-18-15(22-11)9-19-8-14(20-2)6-12(19)10-21-13-4-3-5-16-7-13/h3-5,7,12,14H,6,8-10H2,1-2H3/t12-,14+/m0/s1. The van der Waals surface area contributed by atoms with E-state index in [2.05, 4.69) is 20.1 Å². The molecule has 0 N–H and O–H groups in total. The second-order valence-electron chi connectivity index (χ2n) is 5.39. The number of rotatable bonds is 6. The van der Waals surface area contributed by atoms with Crippen molar-refractivity contribution < 1.29 is 13.9 Å². The summed E-state index contributed by atoms with van der Waals surface area (Å²) in [7, 11) is 1.74. The van der Waals surface area contributed by atoms with Crippen molar-refractivity contribution in [3.63, 3.8) is 0 Å². The van der Waals surface area contributed by atoms with Gasteiger partial charge in [-0.15, -0.1) is 10.2 Å². The van der Waals surface area contributed by atoms with Gasteiger partial charge in [-0.2, -0.15) is 0 Å². The molecule has 0 bridgehead atoms. The third-order valence-electron chi connectivity index (χ3n) is 3.81. The molecule has 2 atom stereocenters. The van der Waals surface area contributed by atoms with Crippen molar-refractivity contribution in [2.24, 2.45) is 0 Å². The average molecular weight is 304 g/mol. The van der Waals surface area contributed by atoms with Gasteiger partial charge in [0.1, 0.15) is 12.4 Å². The Morgan fingerprint density at radius 2 is 2.32 bits per heavy atom. The van der Waals surface area contributed by atoms with E-state index in [4.69, 9.17) is 13.9 Å². The van der Waals surface area contributed by atoms with E-state index in [9.17, 15) is 0 Å². The third kappa shape index (κ3) is 3.61. The first kappa shape index (κ1) is 14.9. The lowest BCUT2D eigenvalue weighted by Gasteiger charge is -2.22. The maximum absolute atomic E-state index is 5.83. The fourth-order valence-electron chi connectivity index (χ4n) is 2.68. The van der Waals surface area contributed by atoms with Crippen molar-refractivity contribution in [2.45, 2.75) is 32.0 Å². The van der Waals surface area contributed by atoms with Crippen LogP contribution in [0.2, 0.25) is 0 Å². The topological polar surface area (TPSA) is 73.5 Å². The molecule has 2 aromatic rings. The molecule has 1 saturated heterocycles. The van der Waals surface area contributed by atoms with E-state index < -0.39 is 0 Å². The van der Waals surface area contributed by atoms with Gasteiger partial charge in [-0.05, 0) is 18.6 Å². The number of aromatic nitrogens is 3. The van der Waals surface area contributed by atoms with E-state index in [1.165, 1.54) is 0 Å². The summed E-state index contributed by atoms with van der Waals surface area (Å²) < 4.78 is 16.8. The summed E-state index contributed by atoms with van der Waals surface area (Å²) in [6.45, 7) is 3.82. The van der Waals surface area contributed by atoms with E-state index in [-0.39, 0.29) is 12.1 Å². The molecule has 0 aromatic carbocycles. The van der Waals surface area contributed by atoms with E-state index in [0.29, 0.717) is 24.9 Å². The lowest BCUT2D eigenvalue weighted by Crippen LogP contribution is -2.34. The molecule has 0 radical (unpaired) electrons. The molecule has 0 saturated carbocycles. The van der Waals surface area contributed by atoms with Crippen LogP contribution >= 0.6 is 0 Å². The van der Waals surface area contributed by atoms with E-state index >= 15 is 0 Å². The summed E-state index contributed by atoms with van der Waals surface area (Å²) in [5, 5.41) is 7.94. The van der Waals surface area contributed by atoms with Crippen molar-refractivity contribution in [2.75, 3.05) is 20.3 Å². The smallest absolute Gasteiger partial charge is 0.230 e. The molecule has 0 aliphatic carbocycles. The van der Waals surface area contributed by atoms with Gasteiger partial charge in [0, 0.05) is 32.8 Å². The lowest BCUT2D eigenvalue weighted by molar-refractivity contribution is 0.105. The summed E-state index contributed by atoms with van der Waals surface area (Å²) in [6.07, 6.45) is 4.57. The first-order valence-electron chi connectivity index (χ1n) is 7.33. The molecular weight excluding hydrogens is 284 g/mol. The van der Waals surface area contributed by atoms with Crippen molar-refractivity contribution in [1.82, 2.24) is 20.1 Å².